The van der Waals surface area contributed by atoms with Crippen molar-refractivity contribution in [3.8, 4) is 0 Å². The summed E-state index contributed by atoms with van der Waals surface area (Å²) in [7, 11) is 0. The maximum atomic E-state index is 11.6. The molecule has 0 rings (SSSR count). The van der Waals surface area contributed by atoms with E-state index in [1.807, 2.05) is 13.8 Å². The molecule has 170 valence electrons. The summed E-state index contributed by atoms with van der Waals surface area (Å²) >= 11 is 0. The summed E-state index contributed by atoms with van der Waals surface area (Å²) in [5.41, 5.74) is -0.546. The Morgan fingerprint density at radius 1 is 0.690 bits per heavy atom. The van der Waals surface area contributed by atoms with Crippen LogP contribution < -0.4 is 0 Å². The summed E-state index contributed by atoms with van der Waals surface area (Å²) in [6.07, 6.45) is 24.0. The first-order chi connectivity index (χ1) is 13.9. The zero-order chi connectivity index (χ0) is 21.8. The molecule has 0 aromatic rings. The summed E-state index contributed by atoms with van der Waals surface area (Å²) in [5.74, 6) is -1.73. The minimum Gasteiger partial charge on any atom is -0.478 e. The van der Waals surface area contributed by atoms with E-state index < -0.39 is 17.5 Å². The minimum absolute atomic E-state index is 0.546. The van der Waals surface area contributed by atoms with Crippen LogP contribution in [0, 0.1) is 0 Å². The van der Waals surface area contributed by atoms with E-state index in [1.54, 1.807) is 0 Å². The molecule has 0 aliphatic heterocycles. The second-order valence-corrected chi connectivity index (χ2v) is 8.91. The average Bonchev–Trinajstić information content (AvgIpc) is 2.65. The lowest BCUT2D eigenvalue weighted by molar-refractivity contribution is -0.151. The molecule has 0 aliphatic rings. The molecule has 0 amide bonds. The Morgan fingerprint density at radius 2 is 1.07 bits per heavy atom. The van der Waals surface area contributed by atoms with E-state index in [1.165, 1.54) is 89.9 Å². The molecule has 0 radical (unpaired) electrons. The molecule has 29 heavy (non-hydrogen) atoms. The average molecular weight is 411 g/mol. The van der Waals surface area contributed by atoms with Crippen LogP contribution in [0.5, 0.6) is 0 Å². The molecule has 4 nitrogen and oxygen atoms in total. The van der Waals surface area contributed by atoms with Gasteiger partial charge < -0.3 is 9.84 Å². The zero-order valence-corrected chi connectivity index (χ0v) is 19.3. The third-order valence-electron chi connectivity index (χ3n) is 5.37. The maximum Gasteiger partial charge on any atom is 0.331 e. The number of aliphatic carboxylic acids is 1. The summed E-state index contributed by atoms with van der Waals surface area (Å²) in [6, 6.07) is 0. The quantitative estimate of drug-likeness (QED) is 0.127. The number of ether oxygens (including phenoxy) is 1. The summed E-state index contributed by atoms with van der Waals surface area (Å²) in [4.78, 5) is 22.0. The van der Waals surface area contributed by atoms with Crippen LogP contribution in [0.15, 0.2) is 12.2 Å². The van der Waals surface area contributed by atoms with E-state index in [0.717, 1.165) is 31.4 Å². The summed E-state index contributed by atoms with van der Waals surface area (Å²) < 4.78 is 5.32. The first kappa shape index (κ1) is 27.7. The van der Waals surface area contributed by atoms with Crippen molar-refractivity contribution in [2.75, 3.05) is 0 Å². The number of esters is 1. The van der Waals surface area contributed by atoms with Gasteiger partial charge in [-0.1, -0.05) is 103 Å². The molecule has 4 heteroatoms. The van der Waals surface area contributed by atoms with Crippen LogP contribution in [0.25, 0.3) is 0 Å². The second kappa shape index (κ2) is 18.7. The molecule has 0 spiro atoms. The number of unbranched alkanes of at least 4 members (excludes halogenated alkanes) is 15. The maximum absolute atomic E-state index is 11.6. The van der Waals surface area contributed by atoms with Gasteiger partial charge in [-0.05, 0) is 26.7 Å². The monoisotopic (exact) mass is 410 g/mol. The lowest BCUT2D eigenvalue weighted by atomic mass is 9.99. The lowest BCUT2D eigenvalue weighted by Crippen LogP contribution is -2.27. The molecule has 0 aromatic heterocycles. The van der Waals surface area contributed by atoms with Gasteiger partial charge in [0.25, 0.3) is 0 Å². The van der Waals surface area contributed by atoms with Gasteiger partial charge in [0.15, 0.2) is 0 Å². The molecule has 0 aromatic carbocycles. The topological polar surface area (TPSA) is 63.6 Å². The number of carboxylic acid groups (broad SMARTS) is 1. The molecule has 0 heterocycles. The highest BCUT2D eigenvalue weighted by Crippen LogP contribution is 2.20. The zero-order valence-electron chi connectivity index (χ0n) is 19.3. The first-order valence-corrected chi connectivity index (χ1v) is 12.0. The number of rotatable bonds is 20. The normalized spacial score (nSPS) is 11.8. The van der Waals surface area contributed by atoms with Crippen LogP contribution in [0.1, 0.15) is 130 Å². The van der Waals surface area contributed by atoms with Gasteiger partial charge in [0.2, 0.25) is 0 Å². The van der Waals surface area contributed by atoms with Crippen molar-refractivity contribution in [3.63, 3.8) is 0 Å². The Kier molecular flexibility index (Phi) is 17.8. The first-order valence-electron chi connectivity index (χ1n) is 12.0. The third kappa shape index (κ3) is 21.2. The van der Waals surface area contributed by atoms with Gasteiger partial charge in [-0.15, -0.1) is 0 Å². The SMILES string of the molecule is CCCCCCCCCCCCCCCCCCC(C)(C)OC(=O)/C=C/C(=O)O. The fraction of sp³-hybridized carbons (Fsp3) is 0.840. The van der Waals surface area contributed by atoms with Gasteiger partial charge in [-0.3, -0.25) is 0 Å². The van der Waals surface area contributed by atoms with E-state index in [9.17, 15) is 9.59 Å². The standard InChI is InChI=1S/C25H46O4/c1-4-5-6-7-8-9-10-11-12-13-14-15-16-17-18-19-22-25(2,3)29-24(28)21-20-23(26)27/h20-21H,4-19,22H2,1-3H3,(H,26,27)/b21-20+. The van der Waals surface area contributed by atoms with Crippen LogP contribution >= 0.6 is 0 Å². The summed E-state index contributed by atoms with van der Waals surface area (Å²) in [5, 5.41) is 8.53. The van der Waals surface area contributed by atoms with Crippen molar-refractivity contribution in [3.05, 3.63) is 12.2 Å². The van der Waals surface area contributed by atoms with Crippen molar-refractivity contribution >= 4 is 11.9 Å². The Balaban J connectivity index is 3.42. The van der Waals surface area contributed by atoms with E-state index >= 15 is 0 Å². The number of carboxylic acids is 1. The smallest absolute Gasteiger partial charge is 0.331 e. The molecule has 0 saturated carbocycles. The van der Waals surface area contributed by atoms with Crippen molar-refractivity contribution < 1.29 is 19.4 Å². The van der Waals surface area contributed by atoms with Gasteiger partial charge in [-0.25, -0.2) is 9.59 Å². The fourth-order valence-electron chi connectivity index (χ4n) is 3.60. The number of hydrogen-bond donors (Lipinski definition) is 1. The Hall–Kier alpha value is -1.32. The van der Waals surface area contributed by atoms with Gasteiger partial charge in [0.1, 0.15) is 5.60 Å². The Labute approximate surface area is 179 Å². The fourth-order valence-corrected chi connectivity index (χ4v) is 3.60. The van der Waals surface area contributed by atoms with Crippen LogP contribution in [0.2, 0.25) is 0 Å². The molecule has 1 N–H and O–H groups in total. The van der Waals surface area contributed by atoms with Gasteiger partial charge in [-0.2, -0.15) is 0 Å². The predicted molar refractivity (Wildman–Crippen MR) is 121 cm³/mol. The molecular formula is C25H46O4. The van der Waals surface area contributed by atoms with Gasteiger partial charge >= 0.3 is 11.9 Å². The largest absolute Gasteiger partial charge is 0.478 e. The highest BCUT2D eigenvalue weighted by molar-refractivity contribution is 5.90. The highest BCUT2D eigenvalue weighted by atomic mass is 16.6. The molecule has 0 unspecified atom stereocenters. The van der Waals surface area contributed by atoms with Gasteiger partial charge in [0, 0.05) is 12.2 Å². The van der Waals surface area contributed by atoms with Crippen LogP contribution in [-0.4, -0.2) is 22.6 Å². The van der Waals surface area contributed by atoms with Crippen molar-refractivity contribution in [2.24, 2.45) is 0 Å². The van der Waals surface area contributed by atoms with Gasteiger partial charge in [0.05, 0.1) is 0 Å². The van der Waals surface area contributed by atoms with E-state index in [0.29, 0.717) is 0 Å². The van der Waals surface area contributed by atoms with Crippen molar-refractivity contribution in [1.29, 1.82) is 0 Å². The Bertz CT molecular complexity index is 440. The number of carbonyl (C=O) groups excluding carboxylic acids is 1. The van der Waals surface area contributed by atoms with Crippen LogP contribution in [-0.2, 0) is 14.3 Å². The van der Waals surface area contributed by atoms with E-state index in [-0.39, 0.29) is 0 Å². The van der Waals surface area contributed by atoms with Crippen LogP contribution in [0.4, 0.5) is 0 Å². The minimum atomic E-state index is -1.14. The highest BCUT2D eigenvalue weighted by Gasteiger charge is 2.21. The lowest BCUT2D eigenvalue weighted by Gasteiger charge is -2.24. The van der Waals surface area contributed by atoms with E-state index in [4.69, 9.17) is 9.84 Å². The number of hydrogen-bond acceptors (Lipinski definition) is 3. The molecule has 0 atom stereocenters. The molecular weight excluding hydrogens is 364 g/mol. The third-order valence-corrected chi connectivity index (χ3v) is 5.37. The van der Waals surface area contributed by atoms with Crippen molar-refractivity contribution in [2.45, 2.75) is 136 Å². The predicted octanol–water partition coefficient (Wildman–Crippen LogP) is 7.60. The summed E-state index contributed by atoms with van der Waals surface area (Å²) in [6.45, 7) is 6.03. The molecule has 0 bridgehead atoms. The Morgan fingerprint density at radius 3 is 1.45 bits per heavy atom. The molecule has 0 fully saturated rings. The van der Waals surface area contributed by atoms with E-state index in [2.05, 4.69) is 6.92 Å². The molecule has 0 saturated heterocycles. The second-order valence-electron chi connectivity index (χ2n) is 8.91. The number of carbonyl (C=O) groups is 2. The molecule has 0 aliphatic carbocycles. The van der Waals surface area contributed by atoms with Crippen LogP contribution in [0.3, 0.4) is 0 Å². The van der Waals surface area contributed by atoms with Crippen molar-refractivity contribution in [1.82, 2.24) is 0 Å².